The summed E-state index contributed by atoms with van der Waals surface area (Å²) in [6.45, 7) is 4.26. The first kappa shape index (κ1) is 25.8. The molecule has 6 nitrogen and oxygen atoms in total. The standard InChI is InChI=1S/C30H18Cl4N2O4/c1-3-5-35-27(37)11-7-15(31)21-23-17(33)9-13-20-14(30(40)36(6-4-2)29(13)39)10-18(34)24(26(20)23)22-16(32)8-12(28(35)38)19(11)25(21)22/h7-10H,3-6H2,1-2H3. The second kappa shape index (κ2) is 8.67. The number of carbonyl (C=O) groups excluding carboxylic acids is 4. The van der Waals surface area contributed by atoms with Crippen molar-refractivity contribution in [1.29, 1.82) is 0 Å². The van der Waals surface area contributed by atoms with Gasteiger partial charge >= 0.3 is 0 Å². The maximum Gasteiger partial charge on any atom is 0.261 e. The molecule has 0 bridgehead atoms. The number of fused-ring (bicyclic) bond motifs is 2. The lowest BCUT2D eigenvalue weighted by Crippen LogP contribution is -2.41. The van der Waals surface area contributed by atoms with Crippen molar-refractivity contribution in [2.24, 2.45) is 0 Å². The van der Waals surface area contributed by atoms with E-state index in [1.807, 2.05) is 13.8 Å². The number of amides is 4. The first-order chi connectivity index (χ1) is 19.1. The van der Waals surface area contributed by atoms with E-state index in [1.165, 1.54) is 9.80 Å². The highest BCUT2D eigenvalue weighted by Crippen LogP contribution is 2.53. The van der Waals surface area contributed by atoms with Crippen LogP contribution in [-0.2, 0) is 0 Å². The van der Waals surface area contributed by atoms with Gasteiger partial charge in [-0.25, -0.2) is 0 Å². The Morgan fingerprint density at radius 2 is 0.700 bits per heavy atom. The Hall–Kier alpha value is -3.16. The summed E-state index contributed by atoms with van der Waals surface area (Å²) >= 11 is 27.7. The zero-order valence-electron chi connectivity index (χ0n) is 21.2. The van der Waals surface area contributed by atoms with Gasteiger partial charge in [0.1, 0.15) is 0 Å². The maximum absolute atomic E-state index is 13.5. The fraction of sp³-hybridized carbons (Fsp3) is 0.200. The van der Waals surface area contributed by atoms with Gasteiger partial charge in [0.2, 0.25) is 0 Å². The third-order valence-electron chi connectivity index (χ3n) is 7.91. The number of benzene rings is 5. The number of imide groups is 2. The number of hydrogen-bond donors (Lipinski definition) is 0. The molecule has 2 heterocycles. The van der Waals surface area contributed by atoms with Crippen LogP contribution in [0, 0.1) is 0 Å². The molecule has 5 aromatic rings. The Kier molecular flexibility index (Phi) is 5.59. The van der Waals surface area contributed by atoms with Crippen molar-refractivity contribution in [3.05, 3.63) is 66.6 Å². The molecular formula is C30H18Cl4N2O4. The lowest BCUT2D eigenvalue weighted by molar-refractivity contribution is 0.0595. The molecule has 0 atom stereocenters. The predicted octanol–water partition coefficient (Wildman–Crippen LogP) is 8.36. The lowest BCUT2D eigenvalue weighted by Gasteiger charge is -2.31. The molecule has 200 valence electrons. The summed E-state index contributed by atoms with van der Waals surface area (Å²) in [5.74, 6) is -1.77. The van der Waals surface area contributed by atoms with Gasteiger partial charge < -0.3 is 0 Å². The van der Waals surface area contributed by atoms with Crippen LogP contribution in [0.3, 0.4) is 0 Å². The minimum absolute atomic E-state index is 0.224. The minimum atomic E-state index is -0.443. The Morgan fingerprint density at radius 3 is 0.925 bits per heavy atom. The monoisotopic (exact) mass is 610 g/mol. The molecule has 0 unspecified atom stereocenters. The molecule has 0 N–H and O–H groups in total. The quantitative estimate of drug-likeness (QED) is 0.116. The van der Waals surface area contributed by atoms with E-state index in [0.29, 0.717) is 55.9 Å². The Bertz CT molecular complexity index is 1790. The molecule has 10 heteroatoms. The van der Waals surface area contributed by atoms with Crippen molar-refractivity contribution >= 4 is 113 Å². The van der Waals surface area contributed by atoms with E-state index < -0.39 is 23.6 Å². The van der Waals surface area contributed by atoms with Gasteiger partial charge in [-0.15, -0.1) is 0 Å². The summed E-state index contributed by atoms with van der Waals surface area (Å²) < 4.78 is 0. The number of rotatable bonds is 4. The number of hydrogen-bond acceptors (Lipinski definition) is 4. The van der Waals surface area contributed by atoms with E-state index in [4.69, 9.17) is 46.4 Å². The molecule has 2 aliphatic rings. The molecule has 0 aromatic heterocycles. The molecule has 0 fully saturated rings. The van der Waals surface area contributed by atoms with Gasteiger partial charge in [-0.2, -0.15) is 0 Å². The molecule has 7 rings (SSSR count). The summed E-state index contributed by atoms with van der Waals surface area (Å²) in [7, 11) is 0. The highest BCUT2D eigenvalue weighted by Gasteiger charge is 2.39. The first-order valence-electron chi connectivity index (χ1n) is 12.8. The van der Waals surface area contributed by atoms with Crippen molar-refractivity contribution in [3.8, 4) is 0 Å². The van der Waals surface area contributed by atoms with Gasteiger partial charge in [0.25, 0.3) is 23.6 Å². The van der Waals surface area contributed by atoms with Gasteiger partial charge in [-0.05, 0) is 37.1 Å². The fourth-order valence-corrected chi connectivity index (χ4v) is 7.60. The van der Waals surface area contributed by atoms with Gasteiger partial charge in [0.15, 0.2) is 0 Å². The molecular weight excluding hydrogens is 594 g/mol. The number of nitrogens with zero attached hydrogens (tertiary/aromatic N) is 2. The molecule has 0 spiro atoms. The van der Waals surface area contributed by atoms with Crippen LogP contribution in [0.5, 0.6) is 0 Å². The summed E-state index contributed by atoms with van der Waals surface area (Å²) in [5.41, 5.74) is 1.14. The van der Waals surface area contributed by atoms with E-state index in [-0.39, 0.29) is 55.4 Å². The van der Waals surface area contributed by atoms with E-state index in [1.54, 1.807) is 24.3 Å². The topological polar surface area (TPSA) is 74.8 Å². The van der Waals surface area contributed by atoms with Crippen LogP contribution in [0.1, 0.15) is 68.1 Å². The lowest BCUT2D eigenvalue weighted by atomic mass is 9.82. The second-order valence-corrected chi connectivity index (χ2v) is 11.8. The molecule has 0 aliphatic carbocycles. The number of carbonyl (C=O) groups is 4. The Balaban J connectivity index is 1.75. The highest BCUT2D eigenvalue weighted by molar-refractivity contribution is 6.56. The van der Waals surface area contributed by atoms with Crippen LogP contribution < -0.4 is 0 Å². The number of halogens is 4. The molecule has 0 radical (unpaired) electrons. The summed E-state index contributed by atoms with van der Waals surface area (Å²) in [4.78, 5) is 56.5. The zero-order valence-corrected chi connectivity index (χ0v) is 24.2. The van der Waals surface area contributed by atoms with Crippen molar-refractivity contribution in [2.75, 3.05) is 13.1 Å². The van der Waals surface area contributed by atoms with Crippen LogP contribution in [0.15, 0.2) is 24.3 Å². The van der Waals surface area contributed by atoms with E-state index >= 15 is 0 Å². The predicted molar refractivity (Wildman–Crippen MR) is 159 cm³/mol. The molecule has 0 saturated carbocycles. The van der Waals surface area contributed by atoms with Gasteiger partial charge in [0, 0.05) is 76.3 Å². The summed E-state index contributed by atoms with van der Waals surface area (Å²) in [5, 5.41) is 4.60. The van der Waals surface area contributed by atoms with E-state index in [9.17, 15) is 19.2 Å². The van der Waals surface area contributed by atoms with Crippen molar-refractivity contribution in [1.82, 2.24) is 9.80 Å². The minimum Gasteiger partial charge on any atom is -0.274 e. The van der Waals surface area contributed by atoms with Crippen LogP contribution in [0.4, 0.5) is 0 Å². The largest absolute Gasteiger partial charge is 0.274 e. The molecule has 40 heavy (non-hydrogen) atoms. The van der Waals surface area contributed by atoms with E-state index in [2.05, 4.69) is 0 Å². The van der Waals surface area contributed by atoms with Crippen LogP contribution in [0.2, 0.25) is 20.1 Å². The third kappa shape index (κ3) is 3.03. The van der Waals surface area contributed by atoms with Crippen molar-refractivity contribution < 1.29 is 19.2 Å². The SMILES string of the molecule is CCCN1C(=O)c2cc(Cl)c3c4c(Cl)cc5c6c(cc(Cl)c(c7c(Cl)cc(c2c37)C1=O)c64)C(=O)N(CCC)C5=O. The zero-order chi connectivity index (χ0) is 28.4. The fourth-order valence-electron chi connectivity index (χ4n) is 6.41. The Morgan fingerprint density at radius 1 is 0.450 bits per heavy atom. The van der Waals surface area contributed by atoms with E-state index in [0.717, 1.165) is 0 Å². The second-order valence-electron chi connectivity index (χ2n) is 10.1. The Labute approximate surface area is 247 Å². The normalized spacial score (nSPS) is 15.2. The molecule has 5 aromatic carbocycles. The first-order valence-corrected chi connectivity index (χ1v) is 14.3. The third-order valence-corrected chi connectivity index (χ3v) is 9.11. The average molecular weight is 612 g/mol. The van der Waals surface area contributed by atoms with Gasteiger partial charge in [0.05, 0.1) is 22.3 Å². The van der Waals surface area contributed by atoms with Crippen LogP contribution in [-0.4, -0.2) is 46.5 Å². The maximum atomic E-state index is 13.5. The van der Waals surface area contributed by atoms with Crippen LogP contribution in [0.25, 0.3) is 43.1 Å². The smallest absolute Gasteiger partial charge is 0.261 e. The summed E-state index contributed by atoms with van der Waals surface area (Å²) in [6, 6.07) is 6.20. The average Bonchev–Trinajstić information content (AvgIpc) is 2.92. The molecule has 0 saturated heterocycles. The van der Waals surface area contributed by atoms with Crippen molar-refractivity contribution in [2.45, 2.75) is 26.7 Å². The van der Waals surface area contributed by atoms with Gasteiger partial charge in [-0.1, -0.05) is 60.3 Å². The molecule has 2 aliphatic heterocycles. The summed E-state index contributed by atoms with van der Waals surface area (Å²) in [6.07, 6.45) is 1.18. The van der Waals surface area contributed by atoms with Gasteiger partial charge in [-0.3, -0.25) is 29.0 Å². The highest BCUT2D eigenvalue weighted by atomic mass is 35.5. The molecule has 4 amide bonds. The van der Waals surface area contributed by atoms with Crippen LogP contribution >= 0.6 is 46.4 Å². The van der Waals surface area contributed by atoms with Crippen molar-refractivity contribution in [3.63, 3.8) is 0 Å².